The number of pyridine rings is 1. The fourth-order valence-electron chi connectivity index (χ4n) is 4.14. The van der Waals surface area contributed by atoms with E-state index in [1.54, 1.807) is 12.4 Å². The molecule has 0 spiro atoms. The first-order valence-corrected chi connectivity index (χ1v) is 9.82. The van der Waals surface area contributed by atoms with Crippen LogP contribution in [-0.4, -0.2) is 45.3 Å². The molecular formula is C22H25N5O2. The number of primary amides is 1. The van der Waals surface area contributed by atoms with Crippen molar-refractivity contribution in [3.8, 4) is 0 Å². The molecule has 1 aromatic carbocycles. The molecule has 150 valence electrons. The summed E-state index contributed by atoms with van der Waals surface area (Å²) in [5, 5.41) is 3.97. The lowest BCUT2D eigenvalue weighted by Gasteiger charge is -2.28. The van der Waals surface area contributed by atoms with Crippen LogP contribution in [0.2, 0.25) is 0 Å². The van der Waals surface area contributed by atoms with E-state index in [2.05, 4.69) is 27.4 Å². The first-order valence-electron chi connectivity index (χ1n) is 9.82. The largest absolute Gasteiger partial charge is 0.368 e. The van der Waals surface area contributed by atoms with Crippen LogP contribution in [0.5, 0.6) is 0 Å². The van der Waals surface area contributed by atoms with E-state index in [0.29, 0.717) is 19.5 Å². The topological polar surface area (TPSA) is 104 Å². The fourth-order valence-corrected chi connectivity index (χ4v) is 4.14. The summed E-state index contributed by atoms with van der Waals surface area (Å²) >= 11 is 0. The van der Waals surface area contributed by atoms with Gasteiger partial charge in [0.1, 0.15) is 0 Å². The van der Waals surface area contributed by atoms with Crippen LogP contribution in [0.25, 0.3) is 10.9 Å². The summed E-state index contributed by atoms with van der Waals surface area (Å²) in [6, 6.07) is 13.0. The van der Waals surface area contributed by atoms with Gasteiger partial charge in [0.05, 0.1) is 18.6 Å². The maximum Gasteiger partial charge on any atom is 0.237 e. The monoisotopic (exact) mass is 391 g/mol. The summed E-state index contributed by atoms with van der Waals surface area (Å²) in [5.74, 6) is -0.321. The lowest BCUT2D eigenvalue weighted by atomic mass is 9.96. The third-order valence-corrected chi connectivity index (χ3v) is 5.75. The maximum atomic E-state index is 12.8. The molecule has 7 nitrogen and oxygen atoms in total. The number of nitrogens with zero attached hydrogens (tertiary/aromatic N) is 2. The SMILES string of the molecule is C[C@@H](C(=O)NCc1cc2cnccc2[nH]1)N1CC(c2ccccc2)CC1C(N)=O. The Bertz CT molecular complexity index is 983. The Morgan fingerprint density at radius 3 is 2.83 bits per heavy atom. The summed E-state index contributed by atoms with van der Waals surface area (Å²) < 4.78 is 0. The Kier molecular flexibility index (Phi) is 5.31. The third kappa shape index (κ3) is 4.00. The highest BCUT2D eigenvalue weighted by atomic mass is 16.2. The van der Waals surface area contributed by atoms with Gasteiger partial charge in [-0.2, -0.15) is 0 Å². The molecule has 7 heteroatoms. The van der Waals surface area contributed by atoms with E-state index in [9.17, 15) is 9.59 Å². The van der Waals surface area contributed by atoms with Crippen LogP contribution in [0.4, 0.5) is 0 Å². The minimum absolute atomic E-state index is 0.123. The molecule has 3 aromatic rings. The van der Waals surface area contributed by atoms with Crippen LogP contribution in [-0.2, 0) is 16.1 Å². The number of rotatable bonds is 6. The van der Waals surface area contributed by atoms with Crippen molar-refractivity contribution in [2.75, 3.05) is 6.54 Å². The van der Waals surface area contributed by atoms with Crippen LogP contribution < -0.4 is 11.1 Å². The van der Waals surface area contributed by atoms with Gasteiger partial charge in [-0.05, 0) is 37.0 Å². The molecule has 1 aliphatic heterocycles. The lowest BCUT2D eigenvalue weighted by molar-refractivity contribution is -0.129. The van der Waals surface area contributed by atoms with Gasteiger partial charge in [0.2, 0.25) is 11.8 Å². The Morgan fingerprint density at radius 1 is 1.31 bits per heavy atom. The van der Waals surface area contributed by atoms with Crippen LogP contribution >= 0.6 is 0 Å². The minimum Gasteiger partial charge on any atom is -0.368 e. The van der Waals surface area contributed by atoms with Crippen LogP contribution in [0, 0.1) is 0 Å². The van der Waals surface area contributed by atoms with Crippen LogP contribution in [0.15, 0.2) is 54.9 Å². The smallest absolute Gasteiger partial charge is 0.237 e. The van der Waals surface area contributed by atoms with Crippen molar-refractivity contribution in [2.24, 2.45) is 5.73 Å². The number of nitrogens with two attached hydrogens (primary N) is 1. The van der Waals surface area contributed by atoms with Gasteiger partial charge in [-0.3, -0.25) is 19.5 Å². The highest BCUT2D eigenvalue weighted by Crippen LogP contribution is 2.33. The van der Waals surface area contributed by atoms with Gasteiger partial charge in [-0.15, -0.1) is 0 Å². The Morgan fingerprint density at radius 2 is 2.10 bits per heavy atom. The molecule has 4 rings (SSSR count). The van der Waals surface area contributed by atoms with Gasteiger partial charge in [0.25, 0.3) is 0 Å². The number of hydrogen-bond donors (Lipinski definition) is 3. The van der Waals surface area contributed by atoms with E-state index in [-0.39, 0.29) is 17.7 Å². The molecule has 4 N–H and O–H groups in total. The molecule has 0 aliphatic carbocycles. The molecule has 3 heterocycles. The average molecular weight is 391 g/mol. The van der Waals surface area contributed by atoms with Crippen molar-refractivity contribution >= 4 is 22.7 Å². The normalized spacial score (nSPS) is 20.6. The molecule has 2 aromatic heterocycles. The van der Waals surface area contributed by atoms with Crippen LogP contribution in [0.1, 0.15) is 30.5 Å². The molecule has 0 bridgehead atoms. The number of nitrogens with one attached hydrogen (secondary N) is 2. The maximum absolute atomic E-state index is 12.8. The Hall–Kier alpha value is -3.19. The number of amides is 2. The molecule has 2 unspecified atom stereocenters. The van der Waals surface area contributed by atoms with Gasteiger partial charge in [0, 0.05) is 35.5 Å². The van der Waals surface area contributed by atoms with Gasteiger partial charge in [0.15, 0.2) is 0 Å². The van der Waals surface area contributed by atoms with Gasteiger partial charge < -0.3 is 16.0 Å². The number of carbonyl (C=O) groups excluding carboxylic acids is 2. The minimum atomic E-state index is -0.452. The lowest BCUT2D eigenvalue weighted by Crippen LogP contribution is -2.51. The third-order valence-electron chi connectivity index (χ3n) is 5.75. The van der Waals surface area contributed by atoms with Gasteiger partial charge >= 0.3 is 0 Å². The zero-order chi connectivity index (χ0) is 20.4. The number of H-pyrrole nitrogens is 1. The number of likely N-dealkylation sites (tertiary alicyclic amines) is 1. The number of fused-ring (bicyclic) bond motifs is 1. The number of carbonyl (C=O) groups is 2. The van der Waals surface area contributed by atoms with Gasteiger partial charge in [-0.1, -0.05) is 30.3 Å². The molecule has 1 aliphatic rings. The molecule has 29 heavy (non-hydrogen) atoms. The molecule has 2 amide bonds. The molecule has 0 saturated carbocycles. The highest BCUT2D eigenvalue weighted by molar-refractivity contribution is 5.85. The molecular weight excluding hydrogens is 366 g/mol. The van der Waals surface area contributed by atoms with E-state index < -0.39 is 12.1 Å². The summed E-state index contributed by atoms with van der Waals surface area (Å²) in [4.78, 5) is 34.1. The quantitative estimate of drug-likeness (QED) is 0.597. The number of benzene rings is 1. The summed E-state index contributed by atoms with van der Waals surface area (Å²) in [6.45, 7) is 2.84. The van der Waals surface area contributed by atoms with Crippen molar-refractivity contribution in [3.05, 3.63) is 66.1 Å². The predicted molar refractivity (Wildman–Crippen MR) is 111 cm³/mol. The standard InChI is InChI=1S/C22H25N5O2/c1-14(22(29)25-12-18-9-16-11-24-8-7-19(16)26-18)27-13-17(10-20(27)21(23)28)15-5-3-2-4-6-15/h2-9,11,14,17,20,26H,10,12-13H2,1H3,(H2,23,28)(H,25,29)/t14-,17?,20?/m0/s1. The highest BCUT2D eigenvalue weighted by Gasteiger charge is 2.40. The number of aromatic amines is 1. The number of hydrogen-bond acceptors (Lipinski definition) is 4. The Labute approximate surface area is 169 Å². The molecule has 3 atom stereocenters. The van der Waals surface area contributed by atoms with E-state index in [4.69, 9.17) is 5.73 Å². The van der Waals surface area contributed by atoms with Crippen molar-refractivity contribution < 1.29 is 9.59 Å². The summed E-state index contributed by atoms with van der Waals surface area (Å²) in [5.41, 5.74) is 8.71. The summed E-state index contributed by atoms with van der Waals surface area (Å²) in [7, 11) is 0. The second kappa shape index (κ2) is 8.05. The van der Waals surface area contributed by atoms with Crippen molar-refractivity contribution in [1.29, 1.82) is 0 Å². The fraction of sp³-hybridized carbons (Fsp3) is 0.318. The van der Waals surface area contributed by atoms with E-state index in [1.165, 1.54) is 5.56 Å². The Balaban J connectivity index is 1.43. The van der Waals surface area contributed by atoms with E-state index in [0.717, 1.165) is 16.6 Å². The second-order valence-electron chi connectivity index (χ2n) is 7.61. The zero-order valence-corrected chi connectivity index (χ0v) is 16.3. The molecule has 1 fully saturated rings. The number of aromatic nitrogens is 2. The van der Waals surface area contributed by atoms with Crippen molar-refractivity contribution in [1.82, 2.24) is 20.2 Å². The second-order valence-corrected chi connectivity index (χ2v) is 7.61. The molecule has 1 saturated heterocycles. The van der Waals surface area contributed by atoms with Crippen molar-refractivity contribution in [2.45, 2.75) is 37.9 Å². The average Bonchev–Trinajstić information content (AvgIpc) is 3.36. The summed E-state index contributed by atoms with van der Waals surface area (Å²) in [6.07, 6.45) is 4.14. The van der Waals surface area contributed by atoms with Crippen molar-refractivity contribution in [3.63, 3.8) is 0 Å². The van der Waals surface area contributed by atoms with Crippen LogP contribution in [0.3, 0.4) is 0 Å². The van der Waals surface area contributed by atoms with Gasteiger partial charge in [-0.25, -0.2) is 0 Å². The van der Waals surface area contributed by atoms with E-state index >= 15 is 0 Å². The zero-order valence-electron chi connectivity index (χ0n) is 16.3. The predicted octanol–water partition coefficient (Wildman–Crippen LogP) is 1.91. The first kappa shape index (κ1) is 19.1. The first-order chi connectivity index (χ1) is 14.0. The van der Waals surface area contributed by atoms with E-state index in [1.807, 2.05) is 42.2 Å². The molecule has 0 radical (unpaired) electrons.